The zero-order valence-electron chi connectivity index (χ0n) is 20.1. The Balaban J connectivity index is 1.55. The quantitative estimate of drug-likeness (QED) is 0.358. The number of aryl methyl sites for hydroxylation is 2. The van der Waals surface area contributed by atoms with E-state index < -0.39 is 36.3 Å². The van der Waals surface area contributed by atoms with Gasteiger partial charge in [-0.05, 0) is 31.4 Å². The predicted molar refractivity (Wildman–Crippen MR) is 126 cm³/mol. The van der Waals surface area contributed by atoms with Crippen molar-refractivity contribution in [3.05, 3.63) is 59.4 Å². The molecule has 5 rings (SSSR count). The molecule has 1 atom stereocenters. The number of halogens is 5. The highest BCUT2D eigenvalue weighted by Crippen LogP contribution is 2.44. The van der Waals surface area contributed by atoms with E-state index in [0.717, 1.165) is 12.0 Å². The van der Waals surface area contributed by atoms with Gasteiger partial charge in [0.15, 0.2) is 11.5 Å². The van der Waals surface area contributed by atoms with Crippen LogP contribution in [-0.4, -0.2) is 47.3 Å². The van der Waals surface area contributed by atoms with Crippen LogP contribution in [0.15, 0.2) is 36.9 Å². The summed E-state index contributed by atoms with van der Waals surface area (Å²) in [5.41, 5.74) is 6.82. The fourth-order valence-corrected chi connectivity index (χ4v) is 4.39. The van der Waals surface area contributed by atoms with Crippen LogP contribution < -0.4 is 11.1 Å². The molecule has 9 nitrogen and oxygen atoms in total. The molecule has 0 saturated heterocycles. The summed E-state index contributed by atoms with van der Waals surface area (Å²) in [5, 5.41) is 2.69. The number of nitrogens with one attached hydrogen (secondary N) is 1. The standard InChI is InChI=1S/C24H21F5N8O/c1-3-12-4-5-15(32-10-12)22(2)16-17(30)34-18(35-19(16)36-21(22)38)14-11-37-9-8-31-20(37)13(33-14)6-7-23(25,26)24(27,28)29/h4-5,8-11H,3,6-7H2,1-2H3,(H3,30,34,35,36,38). The highest BCUT2D eigenvalue weighted by Gasteiger charge is 2.56. The summed E-state index contributed by atoms with van der Waals surface area (Å²) in [6.45, 7) is 3.63. The van der Waals surface area contributed by atoms with Gasteiger partial charge in [0.05, 0.1) is 17.0 Å². The molecule has 0 bridgehead atoms. The largest absolute Gasteiger partial charge is 0.453 e. The first-order valence-electron chi connectivity index (χ1n) is 11.6. The number of nitrogens with zero attached hydrogens (tertiary/aromatic N) is 6. The maximum atomic E-state index is 13.6. The molecule has 1 unspecified atom stereocenters. The third-order valence-corrected chi connectivity index (χ3v) is 6.63. The van der Waals surface area contributed by atoms with Crippen LogP contribution in [0.5, 0.6) is 0 Å². The van der Waals surface area contributed by atoms with Gasteiger partial charge in [0, 0.05) is 31.2 Å². The van der Waals surface area contributed by atoms with Crippen LogP contribution in [0.4, 0.5) is 33.6 Å². The minimum atomic E-state index is -5.69. The summed E-state index contributed by atoms with van der Waals surface area (Å²) in [6, 6.07) is 3.59. The van der Waals surface area contributed by atoms with Crippen LogP contribution in [0, 0.1) is 0 Å². The summed E-state index contributed by atoms with van der Waals surface area (Å²) in [7, 11) is 0. The lowest BCUT2D eigenvalue weighted by Crippen LogP contribution is -2.36. The fourth-order valence-electron chi connectivity index (χ4n) is 4.39. The normalized spacial score (nSPS) is 17.6. The highest BCUT2D eigenvalue weighted by molar-refractivity contribution is 6.08. The number of nitrogens with two attached hydrogens (primary N) is 1. The number of hydrogen-bond acceptors (Lipinski definition) is 7. The van der Waals surface area contributed by atoms with Crippen molar-refractivity contribution in [1.29, 1.82) is 0 Å². The SMILES string of the molecule is CCc1ccc(C2(C)C(=O)Nc3nc(-c4cn5ccnc5c(CCC(F)(F)C(F)(F)F)n4)nc(N)c32)nc1. The van der Waals surface area contributed by atoms with E-state index in [1.165, 1.54) is 23.0 Å². The van der Waals surface area contributed by atoms with Crippen molar-refractivity contribution < 1.29 is 26.7 Å². The van der Waals surface area contributed by atoms with Crippen molar-refractivity contribution in [2.24, 2.45) is 0 Å². The molecule has 0 spiro atoms. The van der Waals surface area contributed by atoms with E-state index in [4.69, 9.17) is 5.73 Å². The van der Waals surface area contributed by atoms with E-state index in [1.54, 1.807) is 19.2 Å². The molecule has 1 aliphatic rings. The Morgan fingerprint density at radius 3 is 2.53 bits per heavy atom. The zero-order chi connectivity index (χ0) is 27.5. The summed E-state index contributed by atoms with van der Waals surface area (Å²) < 4.78 is 66.7. The fraction of sp³-hybridized carbons (Fsp3) is 0.333. The minimum Gasteiger partial charge on any atom is -0.383 e. The van der Waals surface area contributed by atoms with E-state index in [2.05, 4.69) is 30.2 Å². The van der Waals surface area contributed by atoms with Gasteiger partial charge in [0.25, 0.3) is 0 Å². The average Bonchev–Trinajstić information content (AvgIpc) is 3.44. The Kier molecular flexibility index (Phi) is 5.80. The zero-order valence-corrected chi connectivity index (χ0v) is 20.1. The summed E-state index contributed by atoms with van der Waals surface area (Å²) in [4.78, 5) is 34.5. The van der Waals surface area contributed by atoms with E-state index in [-0.39, 0.29) is 34.5 Å². The lowest BCUT2D eigenvalue weighted by atomic mass is 9.80. The first kappa shape index (κ1) is 25.4. The van der Waals surface area contributed by atoms with Crippen molar-refractivity contribution in [2.45, 2.75) is 50.6 Å². The third kappa shape index (κ3) is 4.00. The number of fused-ring (bicyclic) bond motifs is 2. The number of hydrogen-bond donors (Lipinski definition) is 2. The smallest absolute Gasteiger partial charge is 0.383 e. The van der Waals surface area contributed by atoms with Gasteiger partial charge in [-0.1, -0.05) is 13.0 Å². The number of pyridine rings is 1. The molecular formula is C24H21F5N8O. The van der Waals surface area contributed by atoms with Crippen molar-refractivity contribution in [1.82, 2.24) is 29.3 Å². The van der Waals surface area contributed by atoms with Crippen molar-refractivity contribution >= 4 is 23.2 Å². The number of rotatable bonds is 6. The minimum absolute atomic E-state index is 0.0371. The number of aromatic nitrogens is 6. The number of carbonyl (C=O) groups is 1. The lowest BCUT2D eigenvalue weighted by molar-refractivity contribution is -0.284. The molecule has 1 aliphatic heterocycles. The van der Waals surface area contributed by atoms with Crippen LogP contribution >= 0.6 is 0 Å². The Morgan fingerprint density at radius 2 is 1.87 bits per heavy atom. The maximum Gasteiger partial charge on any atom is 0.453 e. The Morgan fingerprint density at radius 1 is 1.11 bits per heavy atom. The third-order valence-electron chi connectivity index (χ3n) is 6.63. The number of alkyl halides is 5. The van der Waals surface area contributed by atoms with Crippen LogP contribution in [0.1, 0.15) is 42.8 Å². The van der Waals surface area contributed by atoms with Gasteiger partial charge >= 0.3 is 12.1 Å². The molecular weight excluding hydrogens is 511 g/mol. The first-order valence-corrected chi connectivity index (χ1v) is 11.6. The number of imidazole rings is 1. The first-order chi connectivity index (χ1) is 17.8. The van der Waals surface area contributed by atoms with Gasteiger partial charge in [0.2, 0.25) is 5.91 Å². The van der Waals surface area contributed by atoms with Crippen LogP contribution in [-0.2, 0) is 23.1 Å². The molecule has 14 heteroatoms. The Bertz CT molecular complexity index is 1550. The molecule has 3 N–H and O–H groups in total. The van der Waals surface area contributed by atoms with Gasteiger partial charge in [0.1, 0.15) is 22.7 Å². The van der Waals surface area contributed by atoms with E-state index in [9.17, 15) is 26.7 Å². The Labute approximate surface area is 212 Å². The molecule has 5 heterocycles. The molecule has 38 heavy (non-hydrogen) atoms. The maximum absolute atomic E-state index is 13.6. The topological polar surface area (TPSA) is 124 Å². The molecule has 1 amide bonds. The number of anilines is 2. The van der Waals surface area contributed by atoms with Crippen molar-refractivity contribution in [3.63, 3.8) is 0 Å². The molecule has 0 saturated carbocycles. The second-order valence-electron chi connectivity index (χ2n) is 9.07. The van der Waals surface area contributed by atoms with Crippen molar-refractivity contribution in [2.75, 3.05) is 11.1 Å². The summed E-state index contributed by atoms with van der Waals surface area (Å²) >= 11 is 0. The number of amides is 1. The number of carbonyl (C=O) groups excluding carboxylic acids is 1. The monoisotopic (exact) mass is 532 g/mol. The summed E-state index contributed by atoms with van der Waals surface area (Å²) in [6.07, 6.45) is -1.20. The summed E-state index contributed by atoms with van der Waals surface area (Å²) in [5.74, 6) is -5.29. The molecule has 0 radical (unpaired) electrons. The predicted octanol–water partition coefficient (Wildman–Crippen LogP) is 4.11. The molecule has 198 valence electrons. The van der Waals surface area contributed by atoms with Gasteiger partial charge in [-0.2, -0.15) is 22.0 Å². The van der Waals surface area contributed by atoms with Gasteiger partial charge in [-0.15, -0.1) is 0 Å². The average molecular weight is 532 g/mol. The van der Waals surface area contributed by atoms with Crippen LogP contribution in [0.25, 0.3) is 17.2 Å². The van der Waals surface area contributed by atoms with E-state index in [1.807, 2.05) is 13.0 Å². The van der Waals surface area contributed by atoms with E-state index >= 15 is 0 Å². The van der Waals surface area contributed by atoms with Gasteiger partial charge in [-0.3, -0.25) is 9.78 Å². The lowest BCUT2D eigenvalue weighted by Gasteiger charge is -2.22. The Hall–Kier alpha value is -4.23. The van der Waals surface area contributed by atoms with Crippen molar-refractivity contribution in [3.8, 4) is 11.5 Å². The number of nitrogen functional groups attached to an aromatic ring is 1. The molecule has 4 aromatic heterocycles. The molecule has 0 fully saturated rings. The van der Waals surface area contributed by atoms with Gasteiger partial charge in [-0.25, -0.2) is 19.9 Å². The molecule has 0 aromatic carbocycles. The van der Waals surface area contributed by atoms with Crippen LogP contribution in [0.3, 0.4) is 0 Å². The van der Waals surface area contributed by atoms with Crippen LogP contribution in [0.2, 0.25) is 0 Å². The highest BCUT2D eigenvalue weighted by atomic mass is 19.4. The second kappa shape index (κ2) is 8.67. The molecule has 0 aliphatic carbocycles. The second-order valence-corrected chi connectivity index (χ2v) is 9.07. The molecule has 4 aromatic rings. The van der Waals surface area contributed by atoms with E-state index in [0.29, 0.717) is 11.3 Å². The van der Waals surface area contributed by atoms with Gasteiger partial charge < -0.3 is 15.5 Å².